The molecule has 0 amide bonds. The summed E-state index contributed by atoms with van der Waals surface area (Å²) in [6.45, 7) is 3.03. The first kappa shape index (κ1) is 19.9. The molecule has 2 aromatic carbocycles. The number of nitrogens with zero attached hydrogens (tertiary/aromatic N) is 1. The summed E-state index contributed by atoms with van der Waals surface area (Å²) in [5.41, 5.74) is 1.96. The molecule has 27 heavy (non-hydrogen) atoms. The van der Waals surface area contributed by atoms with Gasteiger partial charge < -0.3 is 4.74 Å². The Balaban J connectivity index is 1.80. The molecular formula is C20H22ClNO4S. The third-order valence-electron chi connectivity index (χ3n) is 4.73. The van der Waals surface area contributed by atoms with Crippen LogP contribution in [0.2, 0.25) is 5.02 Å². The maximum atomic E-state index is 12.8. The van der Waals surface area contributed by atoms with Crippen molar-refractivity contribution in [2.24, 2.45) is 0 Å². The van der Waals surface area contributed by atoms with E-state index >= 15 is 0 Å². The van der Waals surface area contributed by atoms with Crippen molar-refractivity contribution in [2.45, 2.75) is 37.7 Å². The monoisotopic (exact) mass is 407 g/mol. The van der Waals surface area contributed by atoms with E-state index in [1.165, 1.54) is 22.5 Å². The highest BCUT2D eigenvalue weighted by atomic mass is 35.5. The van der Waals surface area contributed by atoms with Crippen LogP contribution in [0.3, 0.4) is 0 Å². The Bertz CT molecular complexity index is 937. The minimum atomic E-state index is -3.64. The number of piperidine rings is 1. The normalized spacial score (nSPS) is 15.5. The molecule has 1 aliphatic heterocycles. The minimum Gasteiger partial charge on any atom is -0.457 e. The molecule has 1 fully saturated rings. The Labute approximate surface area is 165 Å². The highest BCUT2D eigenvalue weighted by molar-refractivity contribution is 7.89. The van der Waals surface area contributed by atoms with Gasteiger partial charge in [-0.05, 0) is 49.1 Å². The smallest absolute Gasteiger partial charge is 0.340 e. The van der Waals surface area contributed by atoms with Gasteiger partial charge in [-0.25, -0.2) is 13.2 Å². The topological polar surface area (TPSA) is 63.7 Å². The van der Waals surface area contributed by atoms with Gasteiger partial charge in [-0.2, -0.15) is 4.31 Å². The number of ether oxygens (including phenoxy) is 1. The zero-order chi connectivity index (χ0) is 19.4. The number of hydrogen-bond acceptors (Lipinski definition) is 4. The van der Waals surface area contributed by atoms with E-state index in [4.69, 9.17) is 16.3 Å². The first-order valence-electron chi connectivity index (χ1n) is 8.91. The van der Waals surface area contributed by atoms with Gasteiger partial charge in [0.1, 0.15) is 6.61 Å². The third-order valence-corrected chi connectivity index (χ3v) is 6.95. The fourth-order valence-corrected chi connectivity index (χ4v) is 4.81. The van der Waals surface area contributed by atoms with Crippen LogP contribution in [0, 0.1) is 6.92 Å². The maximum absolute atomic E-state index is 12.8. The number of rotatable bonds is 5. The SMILES string of the molecule is Cc1ccccc1COC(=O)c1cc(S(=O)(=O)N2CCCCC2)ccc1Cl. The average molecular weight is 408 g/mol. The van der Waals surface area contributed by atoms with Gasteiger partial charge in [0.2, 0.25) is 10.0 Å². The number of halogens is 1. The quantitative estimate of drug-likeness (QED) is 0.697. The van der Waals surface area contributed by atoms with Crippen molar-refractivity contribution < 1.29 is 17.9 Å². The summed E-state index contributed by atoms with van der Waals surface area (Å²) in [5, 5.41) is 0.169. The van der Waals surface area contributed by atoms with Crippen LogP contribution in [0.15, 0.2) is 47.4 Å². The fraction of sp³-hybridized carbons (Fsp3) is 0.350. The molecule has 0 aromatic heterocycles. The number of carbonyl (C=O) groups is 1. The van der Waals surface area contributed by atoms with E-state index in [0.29, 0.717) is 13.1 Å². The van der Waals surface area contributed by atoms with Gasteiger partial charge >= 0.3 is 5.97 Å². The lowest BCUT2D eigenvalue weighted by Gasteiger charge is -2.26. The molecule has 5 nitrogen and oxygen atoms in total. The Kier molecular flexibility index (Phi) is 6.19. The van der Waals surface area contributed by atoms with E-state index in [-0.39, 0.29) is 22.1 Å². The number of aryl methyl sites for hydroxylation is 1. The first-order chi connectivity index (χ1) is 12.9. The van der Waals surface area contributed by atoms with Crippen LogP contribution in [0.5, 0.6) is 0 Å². The highest BCUT2D eigenvalue weighted by Gasteiger charge is 2.27. The Morgan fingerprint density at radius 3 is 2.52 bits per heavy atom. The van der Waals surface area contributed by atoms with Gasteiger partial charge in [-0.1, -0.05) is 42.3 Å². The predicted octanol–water partition coefficient (Wildman–Crippen LogP) is 4.18. The summed E-state index contributed by atoms with van der Waals surface area (Å²) < 4.78 is 32.5. The number of esters is 1. The van der Waals surface area contributed by atoms with Crippen LogP contribution in [-0.4, -0.2) is 31.8 Å². The largest absolute Gasteiger partial charge is 0.457 e. The van der Waals surface area contributed by atoms with Gasteiger partial charge in [-0.3, -0.25) is 0 Å². The Morgan fingerprint density at radius 1 is 1.11 bits per heavy atom. The molecule has 0 N–H and O–H groups in total. The molecule has 3 rings (SSSR count). The molecule has 0 unspecified atom stereocenters. The van der Waals surface area contributed by atoms with E-state index in [9.17, 15) is 13.2 Å². The van der Waals surface area contributed by atoms with Crippen molar-refractivity contribution in [1.29, 1.82) is 0 Å². The van der Waals surface area contributed by atoms with Crippen LogP contribution in [-0.2, 0) is 21.4 Å². The van der Waals surface area contributed by atoms with E-state index < -0.39 is 16.0 Å². The molecule has 144 valence electrons. The van der Waals surface area contributed by atoms with Crippen molar-refractivity contribution in [1.82, 2.24) is 4.31 Å². The number of benzene rings is 2. The van der Waals surface area contributed by atoms with Crippen LogP contribution in [0.25, 0.3) is 0 Å². The van der Waals surface area contributed by atoms with E-state index in [1.54, 1.807) is 0 Å². The van der Waals surface area contributed by atoms with E-state index in [0.717, 1.165) is 30.4 Å². The highest BCUT2D eigenvalue weighted by Crippen LogP contribution is 2.26. The predicted molar refractivity (Wildman–Crippen MR) is 104 cm³/mol. The third kappa shape index (κ3) is 4.51. The van der Waals surface area contributed by atoms with Crippen LogP contribution >= 0.6 is 11.6 Å². The minimum absolute atomic E-state index is 0.0586. The Morgan fingerprint density at radius 2 is 1.81 bits per heavy atom. The van der Waals surface area contributed by atoms with Crippen LogP contribution in [0.1, 0.15) is 40.7 Å². The van der Waals surface area contributed by atoms with Crippen molar-refractivity contribution in [3.63, 3.8) is 0 Å². The van der Waals surface area contributed by atoms with Gasteiger partial charge in [0.25, 0.3) is 0 Å². The molecule has 7 heteroatoms. The van der Waals surface area contributed by atoms with Crippen LogP contribution < -0.4 is 0 Å². The summed E-state index contributed by atoms with van der Waals surface area (Å²) in [6.07, 6.45) is 2.72. The summed E-state index contributed by atoms with van der Waals surface area (Å²) in [5.74, 6) is -0.640. The van der Waals surface area contributed by atoms with Crippen LogP contribution in [0.4, 0.5) is 0 Å². The van der Waals surface area contributed by atoms with E-state index in [1.807, 2.05) is 31.2 Å². The number of hydrogen-bond donors (Lipinski definition) is 0. The Hall–Kier alpha value is -1.89. The molecule has 0 aliphatic carbocycles. The second-order valence-corrected chi connectivity index (χ2v) is 8.95. The van der Waals surface area contributed by atoms with Crippen molar-refractivity contribution in [3.05, 3.63) is 64.2 Å². The number of carbonyl (C=O) groups excluding carboxylic acids is 1. The summed E-state index contributed by atoms with van der Waals surface area (Å²) >= 11 is 6.13. The maximum Gasteiger partial charge on any atom is 0.340 e. The molecule has 0 bridgehead atoms. The zero-order valence-corrected chi connectivity index (χ0v) is 16.7. The van der Waals surface area contributed by atoms with E-state index in [2.05, 4.69) is 0 Å². The number of sulfonamides is 1. The lowest BCUT2D eigenvalue weighted by atomic mass is 10.1. The molecular weight excluding hydrogens is 386 g/mol. The summed E-state index contributed by atoms with van der Waals surface area (Å²) in [7, 11) is -3.64. The zero-order valence-electron chi connectivity index (χ0n) is 15.2. The first-order valence-corrected chi connectivity index (χ1v) is 10.7. The molecule has 1 aliphatic rings. The van der Waals surface area contributed by atoms with Gasteiger partial charge in [0, 0.05) is 13.1 Å². The summed E-state index contributed by atoms with van der Waals surface area (Å²) in [4.78, 5) is 12.6. The fourth-order valence-electron chi connectivity index (χ4n) is 3.07. The van der Waals surface area contributed by atoms with Gasteiger partial charge in [0.05, 0.1) is 15.5 Å². The van der Waals surface area contributed by atoms with Crippen molar-refractivity contribution >= 4 is 27.6 Å². The molecule has 0 saturated carbocycles. The van der Waals surface area contributed by atoms with Crippen molar-refractivity contribution in [2.75, 3.05) is 13.1 Å². The molecule has 1 saturated heterocycles. The molecule has 1 heterocycles. The molecule has 2 aromatic rings. The average Bonchev–Trinajstić information content (AvgIpc) is 2.68. The molecule has 0 spiro atoms. The standard InChI is InChI=1S/C20H22ClNO4S/c1-15-7-3-4-8-16(15)14-26-20(23)18-13-17(9-10-19(18)21)27(24,25)22-11-5-2-6-12-22/h3-4,7-10,13H,2,5-6,11-12,14H2,1H3. The lowest BCUT2D eigenvalue weighted by molar-refractivity contribution is 0.0472. The second kappa shape index (κ2) is 8.42. The molecule has 0 atom stereocenters. The molecule has 0 radical (unpaired) electrons. The lowest BCUT2D eigenvalue weighted by Crippen LogP contribution is -2.35. The van der Waals surface area contributed by atoms with Crippen molar-refractivity contribution in [3.8, 4) is 0 Å². The second-order valence-electron chi connectivity index (χ2n) is 6.61. The van der Waals surface area contributed by atoms with Gasteiger partial charge in [0.15, 0.2) is 0 Å². The summed E-state index contributed by atoms with van der Waals surface area (Å²) in [6, 6.07) is 11.8. The van der Waals surface area contributed by atoms with Gasteiger partial charge in [-0.15, -0.1) is 0 Å².